The summed E-state index contributed by atoms with van der Waals surface area (Å²) in [6.07, 6.45) is 12.0. The molecule has 2 fully saturated rings. The third kappa shape index (κ3) is 3.83. The summed E-state index contributed by atoms with van der Waals surface area (Å²) in [4.78, 5) is 11.2. The zero-order valence-electron chi connectivity index (χ0n) is 21.8. The Morgan fingerprint density at radius 2 is 1.94 bits per heavy atom. The predicted octanol–water partition coefficient (Wildman–Crippen LogP) is 4.83. The lowest BCUT2D eigenvalue weighted by atomic mass is 9.47. The van der Waals surface area contributed by atoms with Crippen molar-refractivity contribution in [3.05, 3.63) is 34.2 Å². The van der Waals surface area contributed by atoms with Crippen LogP contribution in [0.3, 0.4) is 0 Å². The van der Waals surface area contributed by atoms with Gasteiger partial charge in [0.25, 0.3) is 0 Å². The van der Waals surface area contributed by atoms with E-state index in [0.717, 1.165) is 63.1 Å². The van der Waals surface area contributed by atoms with Crippen molar-refractivity contribution < 1.29 is 9.90 Å². The zero-order chi connectivity index (χ0) is 24.3. The molecule has 186 valence electrons. The van der Waals surface area contributed by atoms with E-state index >= 15 is 0 Å². The SMILES string of the molecule is CC(=O)NC[C@H](C)CCc1nnc2c(c1C)[C@]1(C)CC[C@H]3[C@H](CC=C4C[C@@H](O)CC[C@@]43C)[C@@H]1C2. The number of aliphatic hydroxyl groups excluding tert-OH is 1. The van der Waals surface area contributed by atoms with E-state index in [1.165, 1.54) is 29.7 Å². The van der Waals surface area contributed by atoms with Gasteiger partial charge in [-0.15, -0.1) is 0 Å². The molecular formula is C29H43N3O2. The van der Waals surface area contributed by atoms with Gasteiger partial charge in [0.1, 0.15) is 0 Å². The summed E-state index contributed by atoms with van der Waals surface area (Å²) in [6.45, 7) is 11.8. The van der Waals surface area contributed by atoms with Crippen LogP contribution in [0.15, 0.2) is 11.6 Å². The number of carbonyl (C=O) groups is 1. The van der Waals surface area contributed by atoms with Gasteiger partial charge in [-0.3, -0.25) is 4.79 Å². The molecule has 2 N–H and O–H groups in total. The number of fused-ring (bicyclic) bond motifs is 7. The van der Waals surface area contributed by atoms with Gasteiger partial charge in [-0.25, -0.2) is 0 Å². The minimum Gasteiger partial charge on any atom is -0.393 e. The Morgan fingerprint density at radius 3 is 2.71 bits per heavy atom. The second-order valence-corrected chi connectivity index (χ2v) is 12.5. The van der Waals surface area contributed by atoms with Crippen molar-refractivity contribution in [1.29, 1.82) is 0 Å². The van der Waals surface area contributed by atoms with Gasteiger partial charge >= 0.3 is 0 Å². The van der Waals surface area contributed by atoms with E-state index in [0.29, 0.717) is 17.8 Å². The lowest BCUT2D eigenvalue weighted by Gasteiger charge is -2.57. The standard InChI is InChI=1S/C29H43N3O2/c1-17(16-30-19(3)33)6-9-25-18(2)27-26(32-31-25)15-24-22-8-7-20-14-21(34)10-12-28(20,4)23(22)11-13-29(24,27)5/h7,17,21-24,34H,6,8-16H2,1-5H3,(H,30,33)/t17-,21+,22+,23+,24+,28+,29-/m1/s1. The van der Waals surface area contributed by atoms with Gasteiger partial charge in [0.2, 0.25) is 5.91 Å². The largest absolute Gasteiger partial charge is 0.393 e. The van der Waals surface area contributed by atoms with Crippen LogP contribution in [0, 0.1) is 36.0 Å². The molecule has 0 spiro atoms. The van der Waals surface area contributed by atoms with Crippen LogP contribution in [0.1, 0.15) is 95.2 Å². The van der Waals surface area contributed by atoms with Crippen molar-refractivity contribution >= 4 is 5.91 Å². The second-order valence-electron chi connectivity index (χ2n) is 12.5. The molecule has 1 aromatic rings. The average molecular weight is 466 g/mol. The van der Waals surface area contributed by atoms with Crippen LogP contribution in [0.25, 0.3) is 0 Å². The first-order chi connectivity index (χ1) is 16.1. The Balaban J connectivity index is 1.37. The van der Waals surface area contributed by atoms with Crippen molar-refractivity contribution in [2.75, 3.05) is 6.54 Å². The number of hydrogen-bond acceptors (Lipinski definition) is 4. The fraction of sp³-hybridized carbons (Fsp3) is 0.759. The molecule has 1 aromatic heterocycles. The van der Waals surface area contributed by atoms with Crippen molar-refractivity contribution in [3.8, 4) is 0 Å². The van der Waals surface area contributed by atoms with Gasteiger partial charge in [-0.05, 0) is 110 Å². The maximum Gasteiger partial charge on any atom is 0.216 e. The Labute approximate surface area is 205 Å². The summed E-state index contributed by atoms with van der Waals surface area (Å²) in [5, 5.41) is 22.8. The van der Waals surface area contributed by atoms with Crippen LogP contribution in [0.5, 0.6) is 0 Å². The average Bonchev–Trinajstić information content (AvgIpc) is 3.11. The molecule has 1 amide bonds. The summed E-state index contributed by atoms with van der Waals surface area (Å²) in [6, 6.07) is 0. The van der Waals surface area contributed by atoms with Crippen molar-refractivity contribution in [3.63, 3.8) is 0 Å². The number of aromatic nitrogens is 2. The Hall–Kier alpha value is -1.75. The first-order valence-electron chi connectivity index (χ1n) is 13.6. The van der Waals surface area contributed by atoms with Crippen molar-refractivity contribution in [1.82, 2.24) is 15.5 Å². The number of nitrogens with one attached hydrogen (secondary N) is 1. The number of rotatable bonds is 5. The Bertz CT molecular complexity index is 1000. The van der Waals surface area contributed by atoms with E-state index in [1.807, 2.05) is 0 Å². The van der Waals surface area contributed by atoms with E-state index < -0.39 is 0 Å². The lowest BCUT2D eigenvalue weighted by Crippen LogP contribution is -2.51. The molecule has 0 unspecified atom stereocenters. The summed E-state index contributed by atoms with van der Waals surface area (Å²) >= 11 is 0. The van der Waals surface area contributed by atoms with Crippen LogP contribution in [0.2, 0.25) is 0 Å². The third-order valence-corrected chi connectivity index (χ3v) is 10.4. The van der Waals surface area contributed by atoms with Gasteiger partial charge in [-0.1, -0.05) is 32.4 Å². The fourth-order valence-electron chi connectivity index (χ4n) is 8.41. The normalized spacial score (nSPS) is 37.1. The number of amides is 1. The Morgan fingerprint density at radius 1 is 1.18 bits per heavy atom. The van der Waals surface area contributed by atoms with Gasteiger partial charge in [0.05, 0.1) is 17.5 Å². The molecule has 0 aromatic carbocycles. The maximum atomic E-state index is 11.2. The summed E-state index contributed by atoms with van der Waals surface area (Å²) in [5.74, 6) is 2.55. The highest BCUT2D eigenvalue weighted by atomic mass is 16.3. The fourth-order valence-corrected chi connectivity index (χ4v) is 8.41. The highest BCUT2D eigenvalue weighted by Crippen LogP contribution is 2.64. The number of aryl methyl sites for hydroxylation is 1. The van der Waals surface area contributed by atoms with Crippen molar-refractivity contribution in [2.24, 2.45) is 29.1 Å². The molecule has 4 aliphatic rings. The number of carbonyl (C=O) groups excluding carboxylic acids is 1. The van der Waals surface area contributed by atoms with Gasteiger partial charge in [0, 0.05) is 13.5 Å². The van der Waals surface area contributed by atoms with Crippen molar-refractivity contribution in [2.45, 2.75) is 104 Å². The number of aliphatic hydroxyl groups is 1. The highest BCUT2D eigenvalue weighted by molar-refractivity contribution is 5.72. The molecular weight excluding hydrogens is 422 g/mol. The minimum atomic E-state index is -0.141. The number of nitrogens with zero attached hydrogens (tertiary/aromatic N) is 2. The van der Waals surface area contributed by atoms with Gasteiger partial charge < -0.3 is 10.4 Å². The molecule has 0 saturated heterocycles. The molecule has 5 nitrogen and oxygen atoms in total. The topological polar surface area (TPSA) is 75.1 Å². The first kappa shape index (κ1) is 24.0. The Kier molecular flexibility index (Phi) is 6.15. The second kappa shape index (κ2) is 8.72. The summed E-state index contributed by atoms with van der Waals surface area (Å²) in [5.41, 5.74) is 7.29. The summed E-state index contributed by atoms with van der Waals surface area (Å²) in [7, 11) is 0. The lowest BCUT2D eigenvalue weighted by molar-refractivity contribution is -0.119. The highest BCUT2D eigenvalue weighted by Gasteiger charge is 2.58. The third-order valence-electron chi connectivity index (χ3n) is 10.4. The molecule has 5 heteroatoms. The van der Waals surface area contributed by atoms with Crippen LogP contribution in [0.4, 0.5) is 0 Å². The van der Waals surface area contributed by atoms with Gasteiger partial charge in [0.15, 0.2) is 0 Å². The maximum absolute atomic E-state index is 11.2. The number of allylic oxidation sites excluding steroid dienone is 1. The quantitative estimate of drug-likeness (QED) is 0.611. The molecule has 0 bridgehead atoms. The molecule has 4 aliphatic carbocycles. The number of hydrogen-bond donors (Lipinski definition) is 2. The molecule has 0 radical (unpaired) electrons. The smallest absolute Gasteiger partial charge is 0.216 e. The molecule has 0 aliphatic heterocycles. The van der Waals surface area contributed by atoms with Crippen LogP contribution in [-0.4, -0.2) is 33.9 Å². The minimum absolute atomic E-state index is 0.0397. The monoisotopic (exact) mass is 465 g/mol. The van der Waals surface area contributed by atoms with E-state index in [9.17, 15) is 9.90 Å². The molecule has 34 heavy (non-hydrogen) atoms. The van der Waals surface area contributed by atoms with E-state index in [1.54, 1.807) is 12.5 Å². The zero-order valence-corrected chi connectivity index (χ0v) is 21.8. The van der Waals surface area contributed by atoms with Crippen LogP contribution < -0.4 is 5.32 Å². The molecule has 1 heterocycles. The van der Waals surface area contributed by atoms with Gasteiger partial charge in [-0.2, -0.15) is 10.2 Å². The van der Waals surface area contributed by atoms with Crippen LogP contribution >= 0.6 is 0 Å². The van der Waals surface area contributed by atoms with E-state index in [4.69, 9.17) is 10.2 Å². The van der Waals surface area contributed by atoms with E-state index in [2.05, 4.69) is 39.1 Å². The van der Waals surface area contributed by atoms with Crippen LogP contribution in [-0.2, 0) is 23.1 Å². The van der Waals surface area contributed by atoms with E-state index in [-0.39, 0.29) is 22.8 Å². The molecule has 7 atom stereocenters. The summed E-state index contributed by atoms with van der Waals surface area (Å²) < 4.78 is 0. The molecule has 2 saturated carbocycles. The first-order valence-corrected chi connectivity index (χ1v) is 13.6. The predicted molar refractivity (Wildman–Crippen MR) is 134 cm³/mol. The molecule has 5 rings (SSSR count).